The lowest BCUT2D eigenvalue weighted by Crippen LogP contribution is -2.37. The van der Waals surface area contributed by atoms with Gasteiger partial charge in [-0.25, -0.2) is 9.36 Å². The summed E-state index contributed by atoms with van der Waals surface area (Å²) in [7, 11) is -4.14. The highest BCUT2D eigenvalue weighted by Crippen LogP contribution is 2.46. The average Bonchev–Trinajstić information content (AvgIpc) is 3.06. The van der Waals surface area contributed by atoms with Gasteiger partial charge in [-0.3, -0.25) is 13.9 Å². The van der Waals surface area contributed by atoms with Gasteiger partial charge in [0.15, 0.2) is 0 Å². The first kappa shape index (κ1) is 26.8. The van der Waals surface area contributed by atoms with Crippen molar-refractivity contribution in [2.75, 3.05) is 12.3 Å². The third-order valence-electron chi connectivity index (χ3n) is 5.24. The summed E-state index contributed by atoms with van der Waals surface area (Å²) in [6, 6.07) is 8.70. The summed E-state index contributed by atoms with van der Waals surface area (Å²) in [4.78, 5) is 28.2. The molecule has 0 aliphatic carbocycles. The maximum Gasteiger partial charge on any atom is 0.459 e. The van der Waals surface area contributed by atoms with E-state index in [0.717, 1.165) is 0 Å². The van der Waals surface area contributed by atoms with Crippen LogP contribution in [0.4, 0.5) is 5.82 Å². The molecule has 4 N–H and O–H groups in total. The van der Waals surface area contributed by atoms with Crippen molar-refractivity contribution in [2.45, 2.75) is 58.3 Å². The molecule has 1 aliphatic heterocycles. The van der Waals surface area contributed by atoms with E-state index in [2.05, 4.69) is 10.1 Å². The quantitative estimate of drug-likeness (QED) is 0.316. The number of anilines is 1. The number of esters is 1. The van der Waals surface area contributed by atoms with Crippen molar-refractivity contribution < 1.29 is 33.0 Å². The minimum absolute atomic E-state index is 0.0625. The summed E-state index contributed by atoms with van der Waals surface area (Å²) in [5.74, 6) is -0.852. The van der Waals surface area contributed by atoms with Crippen molar-refractivity contribution in [3.63, 3.8) is 0 Å². The first-order valence-corrected chi connectivity index (χ1v) is 12.7. The standard InChI is InChI=1S/C22H31N4O8P/c1-13(2)32-21(28)15(4)25-35(30,34-16-8-6-5-7-9-16)31-12-17-19(27)14(3)20(33-17)26-11-10-18(23)24-22(26)29/h5-11,13-15,17,19-20,27H,12H2,1-4H3,(H,25,30)(H2,23,24,29). The van der Waals surface area contributed by atoms with Crippen LogP contribution < -0.4 is 21.0 Å². The van der Waals surface area contributed by atoms with Crippen LogP contribution in [0.1, 0.15) is 33.9 Å². The Kier molecular flexibility index (Phi) is 8.68. The van der Waals surface area contributed by atoms with Crippen molar-refractivity contribution in [1.29, 1.82) is 0 Å². The fraction of sp³-hybridized carbons (Fsp3) is 0.500. The Balaban J connectivity index is 1.75. The Morgan fingerprint density at radius 2 is 1.97 bits per heavy atom. The smallest absolute Gasteiger partial charge is 0.459 e. The predicted molar refractivity (Wildman–Crippen MR) is 126 cm³/mol. The second-order valence-electron chi connectivity index (χ2n) is 8.49. The Hall–Kier alpha value is -2.76. The van der Waals surface area contributed by atoms with Crippen LogP contribution in [0.25, 0.3) is 0 Å². The highest BCUT2D eigenvalue weighted by molar-refractivity contribution is 7.52. The highest BCUT2D eigenvalue weighted by atomic mass is 31.2. The van der Waals surface area contributed by atoms with Crippen LogP contribution in [0.5, 0.6) is 5.75 Å². The van der Waals surface area contributed by atoms with Crippen LogP contribution >= 0.6 is 7.75 Å². The van der Waals surface area contributed by atoms with Crippen molar-refractivity contribution in [1.82, 2.24) is 14.6 Å². The number of aliphatic hydroxyl groups is 1. The van der Waals surface area contributed by atoms with Gasteiger partial charge in [0.05, 0.1) is 18.8 Å². The number of hydrogen-bond donors (Lipinski definition) is 3. The zero-order valence-corrected chi connectivity index (χ0v) is 20.8. The van der Waals surface area contributed by atoms with Crippen LogP contribution in [0, 0.1) is 5.92 Å². The number of aromatic nitrogens is 2. The molecule has 1 aliphatic rings. The molecule has 2 aromatic rings. The van der Waals surface area contributed by atoms with E-state index in [9.17, 15) is 19.3 Å². The number of aliphatic hydroxyl groups excluding tert-OH is 1. The van der Waals surface area contributed by atoms with E-state index in [1.807, 2.05) is 0 Å². The van der Waals surface area contributed by atoms with Gasteiger partial charge in [0, 0.05) is 12.1 Å². The predicted octanol–water partition coefficient (Wildman–Crippen LogP) is 1.85. The third kappa shape index (κ3) is 6.89. The average molecular weight is 510 g/mol. The molecule has 35 heavy (non-hydrogen) atoms. The van der Waals surface area contributed by atoms with E-state index in [1.165, 1.54) is 23.8 Å². The SMILES string of the molecule is CC(C)OC(=O)C(C)NP(=O)(OCC1OC(n2ccc(N)nc2=O)C(C)C1O)Oc1ccccc1. The third-order valence-corrected chi connectivity index (χ3v) is 6.89. The number of nitrogen functional groups attached to an aromatic ring is 1. The van der Waals surface area contributed by atoms with Crippen molar-refractivity contribution in [3.8, 4) is 5.75 Å². The van der Waals surface area contributed by atoms with Crippen molar-refractivity contribution in [2.24, 2.45) is 5.92 Å². The van der Waals surface area contributed by atoms with Gasteiger partial charge in [0.2, 0.25) is 0 Å². The Bertz CT molecular complexity index is 1110. The lowest BCUT2D eigenvalue weighted by atomic mass is 10.0. The summed E-state index contributed by atoms with van der Waals surface area (Å²) < 4.78 is 37.0. The van der Waals surface area contributed by atoms with Gasteiger partial charge < -0.3 is 24.8 Å². The van der Waals surface area contributed by atoms with E-state index < -0.39 is 49.8 Å². The number of rotatable bonds is 10. The van der Waals surface area contributed by atoms with Gasteiger partial charge >= 0.3 is 19.4 Å². The van der Waals surface area contributed by atoms with E-state index in [4.69, 9.17) is 24.3 Å². The molecule has 0 amide bonds. The first-order valence-electron chi connectivity index (χ1n) is 11.1. The number of carbonyl (C=O) groups is 1. The first-order chi connectivity index (χ1) is 16.5. The van der Waals surface area contributed by atoms with Crippen LogP contribution in [-0.2, 0) is 23.4 Å². The highest BCUT2D eigenvalue weighted by Gasteiger charge is 2.44. The number of nitrogens with one attached hydrogen (secondary N) is 1. The maximum atomic E-state index is 13.6. The van der Waals surface area contributed by atoms with Gasteiger partial charge in [-0.15, -0.1) is 0 Å². The number of ether oxygens (including phenoxy) is 2. The van der Waals surface area contributed by atoms with Gasteiger partial charge in [-0.1, -0.05) is 25.1 Å². The summed E-state index contributed by atoms with van der Waals surface area (Å²) in [6.07, 6.45) is -1.80. The number of para-hydroxylation sites is 1. The molecule has 0 bridgehead atoms. The van der Waals surface area contributed by atoms with Gasteiger partial charge in [0.1, 0.15) is 29.9 Å². The second-order valence-corrected chi connectivity index (χ2v) is 10.2. The molecule has 0 saturated carbocycles. The number of benzene rings is 1. The van der Waals surface area contributed by atoms with E-state index in [-0.39, 0.29) is 24.3 Å². The van der Waals surface area contributed by atoms with Crippen LogP contribution in [-0.4, -0.2) is 51.6 Å². The normalized spacial score (nSPS) is 24.6. The lowest BCUT2D eigenvalue weighted by Gasteiger charge is -2.25. The largest absolute Gasteiger partial charge is 0.462 e. The van der Waals surface area contributed by atoms with Gasteiger partial charge in [0.25, 0.3) is 0 Å². The Morgan fingerprint density at radius 1 is 1.29 bits per heavy atom. The molecule has 0 radical (unpaired) electrons. The van der Waals surface area contributed by atoms with Gasteiger partial charge in [-0.2, -0.15) is 10.1 Å². The molecule has 6 atom stereocenters. The molecule has 1 saturated heterocycles. The van der Waals surface area contributed by atoms with Crippen molar-refractivity contribution in [3.05, 3.63) is 53.1 Å². The zero-order chi connectivity index (χ0) is 25.8. The maximum absolute atomic E-state index is 13.6. The molecular formula is C22H31N4O8P. The fourth-order valence-corrected chi connectivity index (χ4v) is 4.98. The van der Waals surface area contributed by atoms with Crippen LogP contribution in [0.2, 0.25) is 0 Å². The summed E-state index contributed by atoms with van der Waals surface area (Å²) in [5.41, 5.74) is 4.91. The van der Waals surface area contributed by atoms with Gasteiger partial charge in [-0.05, 0) is 39.0 Å². The zero-order valence-electron chi connectivity index (χ0n) is 19.9. The molecule has 1 fully saturated rings. The fourth-order valence-electron chi connectivity index (χ4n) is 3.47. The molecular weight excluding hydrogens is 479 g/mol. The van der Waals surface area contributed by atoms with Crippen molar-refractivity contribution >= 4 is 19.5 Å². The molecule has 13 heteroatoms. The molecule has 1 aromatic heterocycles. The Labute approximate surface area is 202 Å². The lowest BCUT2D eigenvalue weighted by molar-refractivity contribution is -0.149. The summed E-state index contributed by atoms with van der Waals surface area (Å²) >= 11 is 0. The molecule has 2 heterocycles. The summed E-state index contributed by atoms with van der Waals surface area (Å²) in [6.45, 7) is 6.19. The number of hydrogen-bond acceptors (Lipinski definition) is 10. The minimum Gasteiger partial charge on any atom is -0.462 e. The molecule has 6 unspecified atom stereocenters. The number of carbonyl (C=O) groups excluding carboxylic acids is 1. The number of nitrogens with two attached hydrogens (primary N) is 1. The monoisotopic (exact) mass is 510 g/mol. The second kappa shape index (κ2) is 11.3. The van der Waals surface area contributed by atoms with Crippen LogP contribution in [0.3, 0.4) is 0 Å². The van der Waals surface area contributed by atoms with E-state index >= 15 is 0 Å². The van der Waals surface area contributed by atoms with E-state index in [1.54, 1.807) is 51.1 Å². The minimum atomic E-state index is -4.14. The molecule has 0 spiro atoms. The molecule has 12 nitrogen and oxygen atoms in total. The Morgan fingerprint density at radius 3 is 2.60 bits per heavy atom. The topological polar surface area (TPSA) is 164 Å². The summed E-state index contributed by atoms with van der Waals surface area (Å²) in [5, 5.41) is 13.3. The number of nitrogens with zero attached hydrogens (tertiary/aromatic N) is 2. The van der Waals surface area contributed by atoms with E-state index in [0.29, 0.717) is 0 Å². The molecule has 1 aromatic carbocycles. The molecule has 192 valence electrons. The van der Waals surface area contributed by atoms with Crippen LogP contribution in [0.15, 0.2) is 47.4 Å². The molecule has 3 rings (SSSR count).